The van der Waals surface area contributed by atoms with Crippen LogP contribution < -0.4 is 0 Å². The number of fused-ring (bicyclic) bond motifs is 4. The average molecular weight is 571 g/mol. The average Bonchev–Trinajstić information content (AvgIpc) is 3.62. The van der Waals surface area contributed by atoms with Crippen molar-refractivity contribution in [3.63, 3.8) is 0 Å². The Labute approximate surface area is 255 Å². The van der Waals surface area contributed by atoms with Gasteiger partial charge in [0.1, 0.15) is 11.0 Å². The molecule has 0 radical (unpaired) electrons. The molecule has 0 N–H and O–H groups in total. The number of unbranched alkanes of at least 4 members (excludes halogenated alkanes) is 6. The van der Waals surface area contributed by atoms with Crippen molar-refractivity contribution in [2.24, 2.45) is 0 Å². The van der Waals surface area contributed by atoms with E-state index in [4.69, 9.17) is 0 Å². The van der Waals surface area contributed by atoms with Crippen LogP contribution in [0.2, 0.25) is 0 Å². The molecule has 0 fully saturated rings. The zero-order valence-electron chi connectivity index (χ0n) is 25.2. The Bertz CT molecular complexity index is 1670. The summed E-state index contributed by atoms with van der Waals surface area (Å²) in [7, 11) is 0. The van der Waals surface area contributed by atoms with E-state index in [1.54, 1.807) is 0 Å². The molecular formula is C39H42N2S. The van der Waals surface area contributed by atoms with Gasteiger partial charge in [-0.05, 0) is 75.5 Å². The largest absolute Gasteiger partial charge is 0.173 e. The van der Waals surface area contributed by atoms with Gasteiger partial charge in [-0.2, -0.15) is 8.75 Å². The third kappa shape index (κ3) is 5.36. The molecule has 1 aliphatic carbocycles. The summed E-state index contributed by atoms with van der Waals surface area (Å²) in [5.74, 6) is 0. The van der Waals surface area contributed by atoms with Gasteiger partial charge in [0.05, 0.1) is 11.7 Å². The maximum absolute atomic E-state index is 4.69. The first-order chi connectivity index (χ1) is 20.7. The zero-order valence-corrected chi connectivity index (χ0v) is 26.0. The Balaban J connectivity index is 1.50. The third-order valence-electron chi connectivity index (χ3n) is 9.35. The van der Waals surface area contributed by atoms with Crippen LogP contribution in [0, 0.1) is 0 Å². The molecule has 1 aliphatic rings. The van der Waals surface area contributed by atoms with Crippen LogP contribution >= 0.6 is 11.7 Å². The summed E-state index contributed by atoms with van der Waals surface area (Å²) in [4.78, 5) is 0. The number of hydrogen-bond acceptors (Lipinski definition) is 3. The third-order valence-corrected chi connectivity index (χ3v) is 9.89. The molecule has 0 amide bonds. The molecule has 1 aromatic heterocycles. The minimum Gasteiger partial charge on any atom is -0.173 e. The Morgan fingerprint density at radius 3 is 1.90 bits per heavy atom. The van der Waals surface area contributed by atoms with Gasteiger partial charge in [-0.15, -0.1) is 0 Å². The summed E-state index contributed by atoms with van der Waals surface area (Å²) in [5.41, 5.74) is 14.1. The molecule has 0 saturated carbocycles. The predicted molar refractivity (Wildman–Crippen MR) is 182 cm³/mol. The fourth-order valence-corrected chi connectivity index (χ4v) is 7.61. The molecule has 6 rings (SSSR count). The van der Waals surface area contributed by atoms with Crippen LogP contribution in [0.3, 0.4) is 0 Å². The topological polar surface area (TPSA) is 25.8 Å². The van der Waals surface area contributed by atoms with Gasteiger partial charge in [-0.3, -0.25) is 0 Å². The molecule has 0 atom stereocenters. The zero-order chi connectivity index (χ0) is 28.9. The van der Waals surface area contributed by atoms with Crippen LogP contribution in [-0.4, -0.2) is 8.75 Å². The minimum atomic E-state index is 0.0213. The lowest BCUT2D eigenvalue weighted by molar-refractivity contribution is 0.401. The fourth-order valence-electron chi connectivity index (χ4n) is 7.06. The van der Waals surface area contributed by atoms with Crippen LogP contribution in [0.5, 0.6) is 0 Å². The van der Waals surface area contributed by atoms with Crippen molar-refractivity contribution in [3.05, 3.63) is 102 Å². The molecular weight excluding hydrogens is 529 g/mol. The molecule has 0 aliphatic heterocycles. The molecule has 0 saturated heterocycles. The first-order valence-corrected chi connectivity index (χ1v) is 16.7. The van der Waals surface area contributed by atoms with E-state index in [0.717, 1.165) is 16.6 Å². The molecule has 5 aromatic rings. The highest BCUT2D eigenvalue weighted by Crippen LogP contribution is 2.56. The second-order valence-electron chi connectivity index (χ2n) is 12.0. The van der Waals surface area contributed by atoms with E-state index < -0.39 is 0 Å². The highest BCUT2D eigenvalue weighted by atomic mass is 32.1. The Kier molecular flexibility index (Phi) is 8.67. The standard InChI is InChI=1S/C39H42N2S/c1-4-7-9-11-24-39(25-12-10-8-5-2)35-26-30(29-18-16-28(6-3)17-19-29)20-22-33(35)34-23-21-31(27-36(34)39)32-14-13-15-37-38(32)41-42-40-37/h6,13-23,26-27H,3-5,7-12,24-25H2,1-2H3. The molecule has 4 aromatic carbocycles. The van der Waals surface area contributed by atoms with E-state index in [0.29, 0.717) is 0 Å². The highest BCUT2D eigenvalue weighted by Gasteiger charge is 2.42. The van der Waals surface area contributed by atoms with Gasteiger partial charge in [0, 0.05) is 11.0 Å². The molecule has 2 nitrogen and oxygen atoms in total. The Morgan fingerprint density at radius 2 is 1.26 bits per heavy atom. The van der Waals surface area contributed by atoms with Crippen molar-refractivity contribution in [1.82, 2.24) is 8.75 Å². The quantitative estimate of drug-likeness (QED) is 0.132. The van der Waals surface area contributed by atoms with E-state index in [-0.39, 0.29) is 5.41 Å². The molecule has 0 unspecified atom stereocenters. The summed E-state index contributed by atoms with van der Waals surface area (Å²) in [5, 5.41) is 0. The van der Waals surface area contributed by atoms with Crippen LogP contribution in [-0.2, 0) is 5.41 Å². The highest BCUT2D eigenvalue weighted by molar-refractivity contribution is 7.00. The van der Waals surface area contributed by atoms with Crippen molar-refractivity contribution < 1.29 is 0 Å². The van der Waals surface area contributed by atoms with Gasteiger partial charge < -0.3 is 0 Å². The first kappa shape index (κ1) is 28.6. The van der Waals surface area contributed by atoms with Gasteiger partial charge >= 0.3 is 0 Å². The summed E-state index contributed by atoms with van der Waals surface area (Å²) in [6.07, 6.45) is 14.6. The Morgan fingerprint density at radius 1 is 0.643 bits per heavy atom. The van der Waals surface area contributed by atoms with Crippen LogP contribution in [0.4, 0.5) is 0 Å². The second kappa shape index (κ2) is 12.8. The van der Waals surface area contributed by atoms with Crippen molar-refractivity contribution in [1.29, 1.82) is 0 Å². The summed E-state index contributed by atoms with van der Waals surface area (Å²) >= 11 is 1.30. The fraction of sp³-hybridized carbons (Fsp3) is 0.333. The van der Waals surface area contributed by atoms with Gasteiger partial charge in [0.2, 0.25) is 0 Å². The number of rotatable bonds is 13. The van der Waals surface area contributed by atoms with Gasteiger partial charge in [-0.25, -0.2) is 0 Å². The number of hydrogen-bond donors (Lipinski definition) is 0. The second-order valence-corrected chi connectivity index (χ2v) is 12.5. The lowest BCUT2D eigenvalue weighted by Crippen LogP contribution is -2.25. The van der Waals surface area contributed by atoms with E-state index >= 15 is 0 Å². The monoisotopic (exact) mass is 570 g/mol. The lowest BCUT2D eigenvalue weighted by Gasteiger charge is -2.33. The molecule has 1 heterocycles. The smallest absolute Gasteiger partial charge is 0.112 e. The summed E-state index contributed by atoms with van der Waals surface area (Å²) in [6, 6.07) is 29.7. The normalized spacial score (nSPS) is 13.3. The van der Waals surface area contributed by atoms with Gasteiger partial charge in [0.15, 0.2) is 0 Å². The number of nitrogens with zero attached hydrogens (tertiary/aromatic N) is 2. The predicted octanol–water partition coefficient (Wildman–Crippen LogP) is 11.9. The van der Waals surface area contributed by atoms with E-state index in [1.807, 2.05) is 6.08 Å². The van der Waals surface area contributed by atoms with Crippen LogP contribution in [0.1, 0.15) is 94.7 Å². The number of aromatic nitrogens is 2. The molecule has 0 bridgehead atoms. The summed E-state index contributed by atoms with van der Waals surface area (Å²) in [6.45, 7) is 8.56. The van der Waals surface area contributed by atoms with E-state index in [2.05, 4.69) is 108 Å². The molecule has 42 heavy (non-hydrogen) atoms. The van der Waals surface area contributed by atoms with Crippen LogP contribution in [0.25, 0.3) is 50.5 Å². The van der Waals surface area contributed by atoms with E-state index in [9.17, 15) is 0 Å². The maximum Gasteiger partial charge on any atom is 0.112 e. The maximum atomic E-state index is 4.69. The summed E-state index contributed by atoms with van der Waals surface area (Å²) < 4.78 is 9.22. The first-order valence-electron chi connectivity index (χ1n) is 15.9. The SMILES string of the molecule is C=Cc1ccc(-c2ccc3c(c2)C(CCCCCC)(CCCCCC)c2cc(-c4cccc5nsnc45)ccc2-3)cc1. The van der Waals surface area contributed by atoms with Crippen molar-refractivity contribution in [2.45, 2.75) is 83.5 Å². The number of benzene rings is 4. The molecule has 3 heteroatoms. The minimum absolute atomic E-state index is 0.0213. The van der Waals surface area contributed by atoms with Crippen molar-refractivity contribution in [2.75, 3.05) is 0 Å². The van der Waals surface area contributed by atoms with Gasteiger partial charge in [0.25, 0.3) is 0 Å². The molecule has 0 spiro atoms. The van der Waals surface area contributed by atoms with Crippen molar-refractivity contribution >= 4 is 28.8 Å². The Hall–Kier alpha value is -3.56. The van der Waals surface area contributed by atoms with Gasteiger partial charge in [-0.1, -0.05) is 139 Å². The van der Waals surface area contributed by atoms with E-state index in [1.165, 1.54) is 120 Å². The lowest BCUT2D eigenvalue weighted by atomic mass is 9.70. The van der Waals surface area contributed by atoms with Crippen molar-refractivity contribution in [3.8, 4) is 33.4 Å². The molecule has 214 valence electrons. The van der Waals surface area contributed by atoms with Crippen LogP contribution in [0.15, 0.2) is 85.4 Å².